The van der Waals surface area contributed by atoms with E-state index in [1.807, 2.05) is 6.07 Å². The van der Waals surface area contributed by atoms with Crippen molar-refractivity contribution < 1.29 is 4.79 Å². The van der Waals surface area contributed by atoms with Gasteiger partial charge in [0, 0.05) is 18.9 Å². The standard InChI is InChI=1S/C14H10BrN3O/c1-18(11-6-4-10(9-16)5-7-11)14(19)12-3-2-8-17-13(12)15/h2-8H,1H3. The van der Waals surface area contributed by atoms with Gasteiger partial charge < -0.3 is 4.90 Å². The van der Waals surface area contributed by atoms with E-state index in [4.69, 9.17) is 5.26 Å². The molecule has 5 heteroatoms. The summed E-state index contributed by atoms with van der Waals surface area (Å²) in [6.45, 7) is 0. The molecule has 0 spiro atoms. The Balaban J connectivity index is 2.29. The van der Waals surface area contributed by atoms with Crippen LogP contribution in [0.1, 0.15) is 15.9 Å². The van der Waals surface area contributed by atoms with Crippen molar-refractivity contribution in [1.29, 1.82) is 5.26 Å². The largest absolute Gasteiger partial charge is 0.311 e. The normalized spacial score (nSPS) is 9.74. The number of amides is 1. The predicted molar refractivity (Wildman–Crippen MR) is 75.8 cm³/mol. The number of nitrogens with zero attached hydrogens (tertiary/aromatic N) is 3. The maximum atomic E-state index is 12.3. The van der Waals surface area contributed by atoms with E-state index in [0.29, 0.717) is 15.7 Å². The summed E-state index contributed by atoms with van der Waals surface area (Å²) < 4.78 is 0.514. The number of pyridine rings is 1. The zero-order chi connectivity index (χ0) is 13.8. The van der Waals surface area contributed by atoms with Gasteiger partial charge in [-0.2, -0.15) is 5.26 Å². The van der Waals surface area contributed by atoms with Crippen LogP contribution in [-0.2, 0) is 0 Å². The lowest BCUT2D eigenvalue weighted by Crippen LogP contribution is -2.26. The van der Waals surface area contributed by atoms with Gasteiger partial charge in [-0.3, -0.25) is 4.79 Å². The van der Waals surface area contributed by atoms with Crippen molar-refractivity contribution in [3.8, 4) is 6.07 Å². The molecule has 0 fully saturated rings. The molecule has 1 heterocycles. The molecule has 0 aliphatic carbocycles. The predicted octanol–water partition coefficient (Wildman–Crippen LogP) is 2.99. The van der Waals surface area contributed by atoms with Crippen LogP contribution < -0.4 is 4.90 Å². The molecule has 0 saturated heterocycles. The Morgan fingerprint density at radius 1 is 1.32 bits per heavy atom. The molecular weight excluding hydrogens is 306 g/mol. The molecule has 0 unspecified atom stereocenters. The van der Waals surface area contributed by atoms with Crippen LogP contribution in [0.3, 0.4) is 0 Å². The molecule has 0 aliphatic rings. The van der Waals surface area contributed by atoms with Crippen LogP contribution in [-0.4, -0.2) is 17.9 Å². The first kappa shape index (κ1) is 13.2. The number of nitriles is 1. The second kappa shape index (κ2) is 5.63. The lowest BCUT2D eigenvalue weighted by atomic mass is 10.2. The van der Waals surface area contributed by atoms with Gasteiger partial charge in [0.25, 0.3) is 5.91 Å². The van der Waals surface area contributed by atoms with Gasteiger partial charge in [0.1, 0.15) is 4.60 Å². The van der Waals surface area contributed by atoms with Crippen molar-refractivity contribution in [2.45, 2.75) is 0 Å². The van der Waals surface area contributed by atoms with Crippen molar-refractivity contribution in [1.82, 2.24) is 4.98 Å². The Morgan fingerprint density at radius 2 is 2.00 bits per heavy atom. The van der Waals surface area contributed by atoms with Crippen LogP contribution in [0.15, 0.2) is 47.2 Å². The molecule has 1 amide bonds. The van der Waals surface area contributed by atoms with E-state index < -0.39 is 0 Å². The van der Waals surface area contributed by atoms with E-state index in [9.17, 15) is 4.79 Å². The van der Waals surface area contributed by atoms with E-state index in [-0.39, 0.29) is 5.91 Å². The first-order valence-electron chi connectivity index (χ1n) is 5.52. The second-order valence-electron chi connectivity index (χ2n) is 3.86. The summed E-state index contributed by atoms with van der Waals surface area (Å²) in [6, 6.07) is 12.3. The Kier molecular flexibility index (Phi) is 3.93. The van der Waals surface area contributed by atoms with E-state index in [1.54, 1.807) is 49.6 Å². The number of rotatable bonds is 2. The van der Waals surface area contributed by atoms with Gasteiger partial charge in [-0.1, -0.05) is 0 Å². The summed E-state index contributed by atoms with van der Waals surface area (Å²) in [6.07, 6.45) is 1.61. The number of hydrogen-bond donors (Lipinski definition) is 0. The Labute approximate surface area is 119 Å². The van der Waals surface area contributed by atoms with Crippen molar-refractivity contribution in [2.75, 3.05) is 11.9 Å². The summed E-state index contributed by atoms with van der Waals surface area (Å²) in [5.41, 5.74) is 1.78. The highest BCUT2D eigenvalue weighted by molar-refractivity contribution is 9.10. The maximum Gasteiger partial charge on any atom is 0.260 e. The number of carbonyl (C=O) groups excluding carboxylic acids is 1. The maximum absolute atomic E-state index is 12.3. The highest BCUT2D eigenvalue weighted by atomic mass is 79.9. The average molecular weight is 316 g/mol. The van der Waals surface area contributed by atoms with E-state index in [2.05, 4.69) is 20.9 Å². The van der Waals surface area contributed by atoms with Crippen LogP contribution in [0.2, 0.25) is 0 Å². The lowest BCUT2D eigenvalue weighted by molar-refractivity contribution is 0.0992. The van der Waals surface area contributed by atoms with Crippen LogP contribution in [0.25, 0.3) is 0 Å². The Morgan fingerprint density at radius 3 is 2.58 bits per heavy atom. The number of hydrogen-bond acceptors (Lipinski definition) is 3. The zero-order valence-electron chi connectivity index (χ0n) is 10.2. The van der Waals surface area contributed by atoms with Crippen LogP contribution in [0.4, 0.5) is 5.69 Å². The number of benzene rings is 1. The minimum absolute atomic E-state index is 0.162. The molecule has 4 nitrogen and oxygen atoms in total. The molecule has 19 heavy (non-hydrogen) atoms. The van der Waals surface area contributed by atoms with Crippen LogP contribution in [0.5, 0.6) is 0 Å². The van der Waals surface area contributed by atoms with E-state index in [0.717, 1.165) is 5.69 Å². The molecule has 0 aliphatic heterocycles. The van der Waals surface area contributed by atoms with Crippen LogP contribution in [0, 0.1) is 11.3 Å². The first-order valence-corrected chi connectivity index (χ1v) is 6.31. The average Bonchev–Trinajstić information content (AvgIpc) is 2.46. The number of anilines is 1. The van der Waals surface area contributed by atoms with E-state index in [1.165, 1.54) is 4.90 Å². The molecule has 0 atom stereocenters. The number of carbonyl (C=O) groups is 1. The summed E-state index contributed by atoms with van der Waals surface area (Å²) in [5.74, 6) is -0.162. The fourth-order valence-corrected chi connectivity index (χ4v) is 2.02. The number of halogens is 1. The molecular formula is C14H10BrN3O. The molecule has 1 aromatic carbocycles. The first-order chi connectivity index (χ1) is 9.13. The molecule has 1 aromatic heterocycles. The minimum Gasteiger partial charge on any atom is -0.311 e. The van der Waals surface area contributed by atoms with Gasteiger partial charge in [-0.05, 0) is 52.3 Å². The molecule has 2 rings (SSSR count). The fourth-order valence-electron chi connectivity index (χ4n) is 1.60. The third-order valence-electron chi connectivity index (χ3n) is 2.68. The molecule has 94 valence electrons. The summed E-state index contributed by atoms with van der Waals surface area (Å²) in [5, 5.41) is 8.75. The summed E-state index contributed by atoms with van der Waals surface area (Å²) >= 11 is 3.26. The summed E-state index contributed by atoms with van der Waals surface area (Å²) in [7, 11) is 1.68. The van der Waals surface area contributed by atoms with Gasteiger partial charge >= 0.3 is 0 Å². The second-order valence-corrected chi connectivity index (χ2v) is 4.62. The third-order valence-corrected chi connectivity index (χ3v) is 3.31. The molecule has 0 radical (unpaired) electrons. The Hall–Kier alpha value is -2.19. The van der Waals surface area contributed by atoms with Crippen LogP contribution >= 0.6 is 15.9 Å². The van der Waals surface area contributed by atoms with Gasteiger partial charge in [0.05, 0.1) is 17.2 Å². The monoisotopic (exact) mass is 315 g/mol. The third kappa shape index (κ3) is 2.80. The van der Waals surface area contributed by atoms with Crippen molar-refractivity contribution in [3.05, 3.63) is 58.3 Å². The SMILES string of the molecule is CN(C(=O)c1cccnc1Br)c1ccc(C#N)cc1. The van der Waals surface area contributed by atoms with Gasteiger partial charge in [0.15, 0.2) is 0 Å². The van der Waals surface area contributed by atoms with E-state index >= 15 is 0 Å². The Bertz CT molecular complexity index is 646. The van der Waals surface area contributed by atoms with Gasteiger partial charge in [0.2, 0.25) is 0 Å². The summed E-state index contributed by atoms with van der Waals surface area (Å²) in [4.78, 5) is 17.9. The highest BCUT2D eigenvalue weighted by Gasteiger charge is 2.16. The van der Waals surface area contributed by atoms with Gasteiger partial charge in [-0.25, -0.2) is 4.98 Å². The zero-order valence-corrected chi connectivity index (χ0v) is 11.8. The molecule has 0 bridgehead atoms. The van der Waals surface area contributed by atoms with Crippen molar-refractivity contribution >= 4 is 27.5 Å². The minimum atomic E-state index is -0.162. The van der Waals surface area contributed by atoms with Crippen molar-refractivity contribution in [2.24, 2.45) is 0 Å². The fraction of sp³-hybridized carbons (Fsp3) is 0.0714. The number of aromatic nitrogens is 1. The quantitative estimate of drug-likeness (QED) is 0.800. The van der Waals surface area contributed by atoms with Gasteiger partial charge in [-0.15, -0.1) is 0 Å². The topological polar surface area (TPSA) is 57.0 Å². The molecule has 0 saturated carbocycles. The molecule has 2 aromatic rings. The lowest BCUT2D eigenvalue weighted by Gasteiger charge is -2.17. The molecule has 0 N–H and O–H groups in total. The highest BCUT2D eigenvalue weighted by Crippen LogP contribution is 2.19. The smallest absolute Gasteiger partial charge is 0.260 e. The van der Waals surface area contributed by atoms with Crippen molar-refractivity contribution in [3.63, 3.8) is 0 Å².